The van der Waals surface area contributed by atoms with Crippen molar-refractivity contribution in [2.45, 2.75) is 32.7 Å². The maximum Gasteiger partial charge on any atom is 0.224 e. The van der Waals surface area contributed by atoms with Crippen LogP contribution in [0.4, 0.5) is 4.39 Å². The molecule has 3 aromatic heterocycles. The molecule has 0 radical (unpaired) electrons. The van der Waals surface area contributed by atoms with Crippen LogP contribution in [0.1, 0.15) is 31.2 Å². The van der Waals surface area contributed by atoms with Gasteiger partial charge in [0.1, 0.15) is 5.69 Å². The first-order valence-corrected chi connectivity index (χ1v) is 9.32. The van der Waals surface area contributed by atoms with Crippen LogP contribution in [0, 0.1) is 5.82 Å². The molecule has 0 atom stereocenters. The van der Waals surface area contributed by atoms with E-state index in [1.165, 1.54) is 6.07 Å². The first kappa shape index (κ1) is 18.3. The summed E-state index contributed by atoms with van der Waals surface area (Å²) < 4.78 is 17.5. The zero-order chi connectivity index (χ0) is 19.5. The van der Waals surface area contributed by atoms with Crippen LogP contribution in [-0.4, -0.2) is 40.0 Å². The summed E-state index contributed by atoms with van der Waals surface area (Å²) in [5.74, 6) is 0.538. The minimum atomic E-state index is -0.417. The fraction of sp³-hybridized carbons (Fsp3) is 0.278. The molecule has 8 nitrogen and oxygen atoms in total. The highest BCUT2D eigenvalue weighted by Crippen LogP contribution is 2.24. The van der Waals surface area contributed by atoms with Gasteiger partial charge in [-0.05, 0) is 47.0 Å². The Kier molecular flexibility index (Phi) is 5.16. The van der Waals surface area contributed by atoms with Gasteiger partial charge in [-0.3, -0.25) is 0 Å². The van der Waals surface area contributed by atoms with E-state index >= 15 is 0 Å². The first-order chi connectivity index (χ1) is 13.7. The summed E-state index contributed by atoms with van der Waals surface area (Å²) in [4.78, 5) is 4.30. The standard InChI is InChI=1S/C18H18ClFN8/c1-2-3-4-15-21-18(19)28(24-15)11-12-5-7-13(8-6-12)27-10-9-14(20)16(27)17-22-25-26-23-17/h5-10H,2-4,11H2,1H3,(H,22,23,25,26). The summed E-state index contributed by atoms with van der Waals surface area (Å²) >= 11 is 6.20. The van der Waals surface area contributed by atoms with Crippen molar-refractivity contribution in [2.24, 2.45) is 0 Å². The Morgan fingerprint density at radius 3 is 2.71 bits per heavy atom. The fourth-order valence-electron chi connectivity index (χ4n) is 2.94. The largest absolute Gasteiger partial charge is 0.311 e. The normalized spacial score (nSPS) is 11.2. The van der Waals surface area contributed by atoms with E-state index < -0.39 is 5.82 Å². The molecular weight excluding hydrogens is 383 g/mol. The third-order valence-electron chi connectivity index (χ3n) is 4.37. The SMILES string of the molecule is CCCCc1nc(Cl)n(Cc2ccc(-n3ccc(F)c3-c3nn[nH]n3)cc2)n1. The predicted octanol–water partition coefficient (Wildman–Crippen LogP) is 3.43. The average Bonchev–Trinajstić information content (AvgIpc) is 3.42. The molecule has 10 heteroatoms. The average molecular weight is 401 g/mol. The maximum absolute atomic E-state index is 14.2. The Bertz CT molecular complexity index is 1050. The van der Waals surface area contributed by atoms with Crippen molar-refractivity contribution in [3.8, 4) is 17.2 Å². The number of aryl methyl sites for hydroxylation is 1. The van der Waals surface area contributed by atoms with Crippen LogP contribution in [-0.2, 0) is 13.0 Å². The number of halogens is 2. The number of nitrogens with one attached hydrogen (secondary N) is 1. The van der Waals surface area contributed by atoms with E-state index in [1.54, 1.807) is 15.4 Å². The zero-order valence-electron chi connectivity index (χ0n) is 15.2. The Morgan fingerprint density at radius 1 is 1.18 bits per heavy atom. The second-order valence-corrected chi connectivity index (χ2v) is 6.68. The predicted molar refractivity (Wildman–Crippen MR) is 102 cm³/mol. The molecule has 0 amide bonds. The van der Waals surface area contributed by atoms with Crippen LogP contribution in [0.5, 0.6) is 0 Å². The molecule has 3 heterocycles. The van der Waals surface area contributed by atoms with E-state index in [9.17, 15) is 4.39 Å². The Morgan fingerprint density at radius 2 is 2.00 bits per heavy atom. The van der Waals surface area contributed by atoms with E-state index in [1.807, 2.05) is 24.3 Å². The number of H-pyrrole nitrogens is 1. The number of benzene rings is 1. The van der Waals surface area contributed by atoms with Crippen molar-refractivity contribution in [1.82, 2.24) is 40.0 Å². The highest BCUT2D eigenvalue weighted by molar-refractivity contribution is 6.28. The lowest BCUT2D eigenvalue weighted by Crippen LogP contribution is -2.03. The number of unbranched alkanes of at least 4 members (excludes halogenated alkanes) is 1. The highest BCUT2D eigenvalue weighted by Gasteiger charge is 2.16. The van der Waals surface area contributed by atoms with Gasteiger partial charge in [-0.25, -0.2) is 14.1 Å². The van der Waals surface area contributed by atoms with Crippen LogP contribution in [0.25, 0.3) is 17.2 Å². The van der Waals surface area contributed by atoms with E-state index in [0.29, 0.717) is 11.8 Å². The molecule has 4 aromatic rings. The molecule has 0 spiro atoms. The van der Waals surface area contributed by atoms with E-state index in [2.05, 4.69) is 37.6 Å². The van der Waals surface area contributed by atoms with Gasteiger partial charge in [0.25, 0.3) is 0 Å². The number of tetrazole rings is 1. The number of rotatable bonds is 7. The molecule has 0 bridgehead atoms. The summed E-state index contributed by atoms with van der Waals surface area (Å²) in [6.45, 7) is 2.64. The molecule has 1 N–H and O–H groups in total. The third-order valence-corrected chi connectivity index (χ3v) is 4.65. The fourth-order valence-corrected chi connectivity index (χ4v) is 3.14. The Hall–Kier alpha value is -3.07. The van der Waals surface area contributed by atoms with Gasteiger partial charge in [-0.1, -0.05) is 25.5 Å². The lowest BCUT2D eigenvalue weighted by molar-refractivity contribution is 0.630. The Labute approximate surface area is 165 Å². The number of hydrogen-bond acceptors (Lipinski definition) is 5. The van der Waals surface area contributed by atoms with Crippen molar-refractivity contribution >= 4 is 11.6 Å². The second kappa shape index (κ2) is 7.89. The van der Waals surface area contributed by atoms with Crippen molar-refractivity contribution < 1.29 is 4.39 Å². The number of hydrogen-bond donors (Lipinski definition) is 1. The first-order valence-electron chi connectivity index (χ1n) is 8.95. The molecule has 1 aromatic carbocycles. The molecule has 0 unspecified atom stereocenters. The summed E-state index contributed by atoms with van der Waals surface area (Å²) in [6.07, 6.45) is 4.56. The lowest BCUT2D eigenvalue weighted by Gasteiger charge is -2.08. The van der Waals surface area contributed by atoms with Crippen LogP contribution >= 0.6 is 11.6 Å². The molecule has 0 aliphatic heterocycles. The summed E-state index contributed by atoms with van der Waals surface area (Å²) in [6, 6.07) is 9.03. The van der Waals surface area contributed by atoms with Crippen LogP contribution in [0.15, 0.2) is 36.5 Å². The molecule has 0 fully saturated rings. The minimum Gasteiger partial charge on any atom is -0.311 e. The van der Waals surface area contributed by atoms with E-state index in [0.717, 1.165) is 36.3 Å². The van der Waals surface area contributed by atoms with Crippen molar-refractivity contribution in [2.75, 3.05) is 0 Å². The molecule has 0 saturated heterocycles. The van der Waals surface area contributed by atoms with Gasteiger partial charge in [0, 0.05) is 18.3 Å². The molecule has 0 aliphatic carbocycles. The number of aromatic nitrogens is 8. The molecular formula is C18H18ClFN8. The van der Waals surface area contributed by atoms with Gasteiger partial charge in [-0.15, -0.1) is 10.2 Å². The van der Waals surface area contributed by atoms with Crippen LogP contribution < -0.4 is 0 Å². The maximum atomic E-state index is 14.2. The summed E-state index contributed by atoms with van der Waals surface area (Å²) in [5, 5.41) is 18.4. The van der Waals surface area contributed by atoms with Gasteiger partial charge in [-0.2, -0.15) is 10.3 Å². The topological polar surface area (TPSA) is 90.1 Å². The highest BCUT2D eigenvalue weighted by atomic mass is 35.5. The Balaban J connectivity index is 1.55. The zero-order valence-corrected chi connectivity index (χ0v) is 15.9. The smallest absolute Gasteiger partial charge is 0.224 e. The van der Waals surface area contributed by atoms with Gasteiger partial charge in [0.05, 0.1) is 6.54 Å². The van der Waals surface area contributed by atoms with Crippen molar-refractivity contribution in [3.63, 3.8) is 0 Å². The second-order valence-electron chi connectivity index (χ2n) is 6.34. The monoisotopic (exact) mass is 400 g/mol. The molecule has 144 valence electrons. The van der Waals surface area contributed by atoms with Crippen LogP contribution in [0.3, 0.4) is 0 Å². The molecule has 28 heavy (non-hydrogen) atoms. The van der Waals surface area contributed by atoms with E-state index in [-0.39, 0.29) is 11.5 Å². The number of aromatic amines is 1. The molecule has 0 saturated carbocycles. The van der Waals surface area contributed by atoms with E-state index in [4.69, 9.17) is 11.6 Å². The lowest BCUT2D eigenvalue weighted by atomic mass is 10.2. The minimum absolute atomic E-state index is 0.195. The van der Waals surface area contributed by atoms with Crippen molar-refractivity contribution in [1.29, 1.82) is 0 Å². The van der Waals surface area contributed by atoms with Crippen molar-refractivity contribution in [3.05, 3.63) is 59.0 Å². The molecule has 0 aliphatic rings. The summed E-state index contributed by atoms with van der Waals surface area (Å²) in [7, 11) is 0. The van der Waals surface area contributed by atoms with Gasteiger partial charge in [0.2, 0.25) is 11.1 Å². The van der Waals surface area contributed by atoms with Gasteiger partial charge < -0.3 is 4.57 Å². The van der Waals surface area contributed by atoms with Gasteiger partial charge in [0.15, 0.2) is 11.6 Å². The number of nitrogens with zero attached hydrogens (tertiary/aromatic N) is 7. The summed E-state index contributed by atoms with van der Waals surface area (Å²) in [5.41, 5.74) is 2.04. The van der Waals surface area contributed by atoms with Crippen LogP contribution in [0.2, 0.25) is 5.28 Å². The quantitative estimate of drug-likeness (QED) is 0.513. The van der Waals surface area contributed by atoms with Gasteiger partial charge >= 0.3 is 0 Å². The molecule has 4 rings (SSSR count). The third kappa shape index (κ3) is 3.65.